The molecule has 0 aromatic heterocycles. The molecule has 2 rings (SSSR count). The molecule has 4 nitrogen and oxygen atoms in total. The number of para-hydroxylation sites is 1. The van der Waals surface area contributed by atoms with Gasteiger partial charge in [-0.15, -0.1) is 0 Å². The van der Waals surface area contributed by atoms with Crippen LogP contribution in [0.4, 0.5) is 15.8 Å². The summed E-state index contributed by atoms with van der Waals surface area (Å²) in [6.07, 6.45) is 0. The Kier molecular flexibility index (Phi) is 4.47. The Balaban J connectivity index is 2.38. The van der Waals surface area contributed by atoms with Gasteiger partial charge < -0.3 is 15.8 Å². The zero-order valence-electron chi connectivity index (χ0n) is 11.5. The van der Waals surface area contributed by atoms with Crippen molar-refractivity contribution in [3.8, 4) is 5.75 Å². The van der Waals surface area contributed by atoms with Crippen LogP contribution in [-0.2, 0) is 0 Å². The molecule has 0 saturated heterocycles. The number of nitrogen functional groups attached to an aromatic ring is 1. The molecule has 0 atom stereocenters. The quantitative estimate of drug-likeness (QED) is 0.827. The van der Waals surface area contributed by atoms with E-state index >= 15 is 0 Å². The second-order valence-corrected chi connectivity index (χ2v) is 5.37. The third-order valence-electron chi connectivity index (χ3n) is 3.02. The van der Waals surface area contributed by atoms with Crippen LogP contribution >= 0.6 is 15.9 Å². The molecule has 0 unspecified atom stereocenters. The van der Waals surface area contributed by atoms with Gasteiger partial charge in [-0.1, -0.05) is 22.0 Å². The number of benzene rings is 2. The lowest BCUT2D eigenvalue weighted by Gasteiger charge is -2.14. The van der Waals surface area contributed by atoms with Crippen LogP contribution in [0.15, 0.2) is 34.8 Å². The lowest BCUT2D eigenvalue weighted by molar-refractivity contribution is 0.102. The van der Waals surface area contributed by atoms with Gasteiger partial charge in [0, 0.05) is 4.47 Å². The number of rotatable bonds is 3. The minimum absolute atomic E-state index is 0.0828. The number of hydrogen-bond donors (Lipinski definition) is 2. The molecule has 2 aromatic carbocycles. The maximum atomic E-state index is 13.4. The SMILES string of the molecule is COc1cc(Br)cc(C)c1NC(=O)c1cccc(F)c1N. The summed E-state index contributed by atoms with van der Waals surface area (Å²) in [6.45, 7) is 1.83. The van der Waals surface area contributed by atoms with Gasteiger partial charge in [-0.05, 0) is 36.8 Å². The van der Waals surface area contributed by atoms with Gasteiger partial charge in [0.2, 0.25) is 0 Å². The minimum Gasteiger partial charge on any atom is -0.495 e. The zero-order chi connectivity index (χ0) is 15.6. The molecule has 0 aliphatic heterocycles. The van der Waals surface area contributed by atoms with E-state index in [1.807, 2.05) is 13.0 Å². The highest BCUT2D eigenvalue weighted by Crippen LogP contribution is 2.32. The molecule has 0 aliphatic carbocycles. The smallest absolute Gasteiger partial charge is 0.257 e. The number of methoxy groups -OCH3 is 1. The van der Waals surface area contributed by atoms with E-state index in [0.717, 1.165) is 10.0 Å². The molecule has 0 fully saturated rings. The summed E-state index contributed by atoms with van der Waals surface area (Å²) < 4.78 is 19.5. The van der Waals surface area contributed by atoms with E-state index in [4.69, 9.17) is 10.5 Å². The molecule has 0 aliphatic rings. The lowest BCUT2D eigenvalue weighted by Crippen LogP contribution is -2.16. The van der Waals surface area contributed by atoms with Crippen LogP contribution < -0.4 is 15.8 Å². The summed E-state index contributed by atoms with van der Waals surface area (Å²) >= 11 is 3.36. The van der Waals surface area contributed by atoms with Crippen LogP contribution in [0, 0.1) is 12.7 Å². The number of amides is 1. The number of anilines is 2. The number of carbonyl (C=O) groups excluding carboxylic acids is 1. The van der Waals surface area contributed by atoms with Crippen LogP contribution in [0.5, 0.6) is 5.75 Å². The fourth-order valence-corrected chi connectivity index (χ4v) is 2.50. The first-order valence-corrected chi connectivity index (χ1v) is 6.92. The molecule has 0 heterocycles. The second-order valence-electron chi connectivity index (χ2n) is 4.46. The Bertz CT molecular complexity index is 704. The molecule has 0 radical (unpaired) electrons. The Morgan fingerprint density at radius 3 is 2.76 bits per heavy atom. The average molecular weight is 353 g/mol. The molecule has 2 aromatic rings. The zero-order valence-corrected chi connectivity index (χ0v) is 13.1. The van der Waals surface area contributed by atoms with Crippen LogP contribution in [0.1, 0.15) is 15.9 Å². The number of ether oxygens (including phenoxy) is 1. The van der Waals surface area contributed by atoms with Crippen molar-refractivity contribution in [2.24, 2.45) is 0 Å². The summed E-state index contributed by atoms with van der Waals surface area (Å²) in [5.41, 5.74) is 6.83. The van der Waals surface area contributed by atoms with Crippen LogP contribution in [-0.4, -0.2) is 13.0 Å². The van der Waals surface area contributed by atoms with Gasteiger partial charge in [0.15, 0.2) is 0 Å². The highest BCUT2D eigenvalue weighted by Gasteiger charge is 2.16. The number of aryl methyl sites for hydroxylation is 1. The Hall–Kier alpha value is -2.08. The first kappa shape index (κ1) is 15.3. The molecule has 0 spiro atoms. The van der Waals surface area contributed by atoms with Gasteiger partial charge in [0.25, 0.3) is 5.91 Å². The molecule has 6 heteroatoms. The fraction of sp³-hybridized carbons (Fsp3) is 0.133. The van der Waals surface area contributed by atoms with Gasteiger partial charge in [-0.25, -0.2) is 4.39 Å². The van der Waals surface area contributed by atoms with E-state index < -0.39 is 11.7 Å². The predicted octanol–water partition coefficient (Wildman–Crippen LogP) is 3.74. The number of nitrogens with one attached hydrogen (secondary N) is 1. The molecule has 0 bridgehead atoms. The van der Waals surface area contributed by atoms with Gasteiger partial charge in [0.1, 0.15) is 11.6 Å². The highest BCUT2D eigenvalue weighted by molar-refractivity contribution is 9.10. The highest BCUT2D eigenvalue weighted by atomic mass is 79.9. The molecule has 1 amide bonds. The maximum Gasteiger partial charge on any atom is 0.257 e. The third kappa shape index (κ3) is 3.16. The summed E-state index contributed by atoms with van der Waals surface area (Å²) in [4.78, 5) is 12.3. The van der Waals surface area contributed by atoms with E-state index in [-0.39, 0.29) is 11.3 Å². The average Bonchev–Trinajstić information content (AvgIpc) is 2.44. The van der Waals surface area contributed by atoms with Crippen molar-refractivity contribution in [3.63, 3.8) is 0 Å². The first-order valence-electron chi connectivity index (χ1n) is 6.13. The van der Waals surface area contributed by atoms with Crippen molar-refractivity contribution in [1.82, 2.24) is 0 Å². The molecule has 110 valence electrons. The Morgan fingerprint density at radius 2 is 2.10 bits per heavy atom. The van der Waals surface area contributed by atoms with Gasteiger partial charge in [0.05, 0.1) is 24.0 Å². The van der Waals surface area contributed by atoms with Crippen LogP contribution in [0.3, 0.4) is 0 Å². The largest absolute Gasteiger partial charge is 0.495 e. The van der Waals surface area contributed by atoms with Crippen LogP contribution in [0.25, 0.3) is 0 Å². The van der Waals surface area contributed by atoms with Gasteiger partial charge >= 0.3 is 0 Å². The number of hydrogen-bond acceptors (Lipinski definition) is 3. The molecule has 0 saturated carbocycles. The minimum atomic E-state index is -0.623. The van der Waals surface area contributed by atoms with Crippen molar-refractivity contribution in [2.45, 2.75) is 6.92 Å². The van der Waals surface area contributed by atoms with Crippen molar-refractivity contribution in [3.05, 3.63) is 51.7 Å². The van der Waals surface area contributed by atoms with E-state index in [2.05, 4.69) is 21.2 Å². The number of halogens is 2. The lowest BCUT2D eigenvalue weighted by atomic mass is 10.1. The Morgan fingerprint density at radius 1 is 1.38 bits per heavy atom. The van der Waals surface area contributed by atoms with E-state index in [0.29, 0.717) is 11.4 Å². The molecular formula is C15H14BrFN2O2. The molecular weight excluding hydrogens is 339 g/mol. The van der Waals surface area contributed by atoms with E-state index in [1.165, 1.54) is 25.3 Å². The maximum absolute atomic E-state index is 13.4. The summed E-state index contributed by atoms with van der Waals surface area (Å²) in [5, 5.41) is 2.71. The monoisotopic (exact) mass is 352 g/mol. The second kappa shape index (κ2) is 6.13. The third-order valence-corrected chi connectivity index (χ3v) is 3.48. The topological polar surface area (TPSA) is 64.3 Å². The first-order chi connectivity index (χ1) is 9.93. The van der Waals surface area contributed by atoms with Gasteiger partial charge in [-0.3, -0.25) is 4.79 Å². The van der Waals surface area contributed by atoms with Gasteiger partial charge in [-0.2, -0.15) is 0 Å². The molecule has 21 heavy (non-hydrogen) atoms. The van der Waals surface area contributed by atoms with Crippen molar-refractivity contribution >= 4 is 33.2 Å². The van der Waals surface area contributed by atoms with Crippen LogP contribution in [0.2, 0.25) is 0 Å². The summed E-state index contributed by atoms with van der Waals surface area (Å²) in [5.74, 6) is -0.608. The molecule has 3 N–H and O–H groups in total. The number of nitrogens with two attached hydrogens (primary N) is 1. The number of carbonyl (C=O) groups is 1. The van der Waals surface area contributed by atoms with E-state index in [1.54, 1.807) is 6.07 Å². The van der Waals surface area contributed by atoms with Crippen molar-refractivity contribution in [1.29, 1.82) is 0 Å². The van der Waals surface area contributed by atoms with Crippen molar-refractivity contribution in [2.75, 3.05) is 18.2 Å². The Labute approximate surface area is 130 Å². The predicted molar refractivity (Wildman–Crippen MR) is 84.2 cm³/mol. The van der Waals surface area contributed by atoms with E-state index in [9.17, 15) is 9.18 Å². The summed E-state index contributed by atoms with van der Waals surface area (Å²) in [6, 6.07) is 7.68. The normalized spacial score (nSPS) is 10.3. The summed E-state index contributed by atoms with van der Waals surface area (Å²) in [7, 11) is 1.51. The standard InChI is InChI=1S/C15H14BrFN2O2/c1-8-6-9(16)7-12(21-2)14(8)19-15(20)10-4-3-5-11(17)13(10)18/h3-7H,18H2,1-2H3,(H,19,20). The fourth-order valence-electron chi connectivity index (χ4n) is 1.95. The van der Waals surface area contributed by atoms with Crippen molar-refractivity contribution < 1.29 is 13.9 Å².